The average molecular weight is 418 g/mol. The lowest BCUT2D eigenvalue weighted by Gasteiger charge is -2.10. The summed E-state index contributed by atoms with van der Waals surface area (Å²) in [6, 6.07) is 12.3. The van der Waals surface area contributed by atoms with Crippen LogP contribution in [0.1, 0.15) is 35.4 Å². The molecule has 0 spiro atoms. The fourth-order valence-electron chi connectivity index (χ4n) is 3.53. The van der Waals surface area contributed by atoms with Gasteiger partial charge < -0.3 is 14.1 Å². The van der Waals surface area contributed by atoms with E-state index in [0.29, 0.717) is 40.7 Å². The smallest absolute Gasteiger partial charge is 0.336 e. The number of hydrogen-bond donors (Lipinski definition) is 1. The lowest BCUT2D eigenvalue weighted by molar-refractivity contribution is -0.145. The molecular weight excluding hydrogens is 396 g/mol. The summed E-state index contributed by atoms with van der Waals surface area (Å²) >= 11 is 0. The van der Waals surface area contributed by atoms with Crippen molar-refractivity contribution in [2.24, 2.45) is 0 Å². The summed E-state index contributed by atoms with van der Waals surface area (Å²) in [6.07, 6.45) is 1.11. The van der Waals surface area contributed by atoms with E-state index >= 15 is 0 Å². The Morgan fingerprint density at radius 1 is 1.10 bits per heavy atom. The van der Waals surface area contributed by atoms with Crippen LogP contribution < -0.4 is 11.2 Å². The first-order valence-corrected chi connectivity index (χ1v) is 10.1. The third-order valence-corrected chi connectivity index (χ3v) is 5.36. The molecule has 7 heteroatoms. The predicted octanol–water partition coefficient (Wildman–Crippen LogP) is 3.71. The highest BCUT2D eigenvalue weighted by Crippen LogP contribution is 2.23. The van der Waals surface area contributed by atoms with Gasteiger partial charge in [0.2, 0.25) is 0 Å². The highest BCUT2D eigenvalue weighted by molar-refractivity contribution is 5.84. The van der Waals surface area contributed by atoms with E-state index in [9.17, 15) is 14.4 Å². The summed E-state index contributed by atoms with van der Waals surface area (Å²) in [4.78, 5) is 43.4. The van der Waals surface area contributed by atoms with Crippen molar-refractivity contribution in [3.63, 3.8) is 0 Å². The fourth-order valence-corrected chi connectivity index (χ4v) is 3.53. The number of fused-ring (bicyclic) bond motifs is 2. The first kappa shape index (κ1) is 20.5. The van der Waals surface area contributed by atoms with Crippen LogP contribution in [0.3, 0.4) is 0 Å². The lowest BCUT2D eigenvalue weighted by atomic mass is 10.0. The van der Waals surface area contributed by atoms with Gasteiger partial charge in [-0.25, -0.2) is 9.78 Å². The zero-order valence-corrected chi connectivity index (χ0v) is 17.4. The van der Waals surface area contributed by atoms with E-state index in [1.54, 1.807) is 18.2 Å². The summed E-state index contributed by atoms with van der Waals surface area (Å²) in [5.41, 5.74) is 3.00. The number of H-pyrrole nitrogens is 1. The number of aromatic amines is 1. The SMILES string of the molecule is Cc1ccc2c(COC(=O)CCCc3nc4ccccc4c(=O)[nH]3)cc(=O)oc2c1C. The monoisotopic (exact) mass is 418 g/mol. The zero-order valence-electron chi connectivity index (χ0n) is 17.4. The maximum absolute atomic E-state index is 12.2. The molecule has 0 amide bonds. The number of aromatic nitrogens is 2. The second kappa shape index (κ2) is 8.55. The van der Waals surface area contributed by atoms with Gasteiger partial charge in [-0.2, -0.15) is 0 Å². The number of aryl methyl sites for hydroxylation is 3. The van der Waals surface area contributed by atoms with Crippen molar-refractivity contribution in [3.8, 4) is 0 Å². The van der Waals surface area contributed by atoms with Gasteiger partial charge in [-0.05, 0) is 43.5 Å². The van der Waals surface area contributed by atoms with Crippen molar-refractivity contribution >= 4 is 27.8 Å². The third kappa shape index (κ3) is 4.40. The normalized spacial score (nSPS) is 11.2. The lowest BCUT2D eigenvalue weighted by Crippen LogP contribution is -2.12. The van der Waals surface area contributed by atoms with E-state index < -0.39 is 5.63 Å². The number of benzene rings is 2. The third-order valence-electron chi connectivity index (χ3n) is 5.36. The second-order valence-corrected chi connectivity index (χ2v) is 7.52. The van der Waals surface area contributed by atoms with Gasteiger partial charge in [0.15, 0.2) is 0 Å². The molecule has 1 N–H and O–H groups in total. The van der Waals surface area contributed by atoms with Crippen LogP contribution >= 0.6 is 0 Å². The Morgan fingerprint density at radius 3 is 2.74 bits per heavy atom. The molecule has 0 saturated carbocycles. The average Bonchev–Trinajstić information content (AvgIpc) is 2.75. The van der Waals surface area contributed by atoms with Gasteiger partial charge in [-0.1, -0.05) is 24.3 Å². The van der Waals surface area contributed by atoms with E-state index in [2.05, 4.69) is 9.97 Å². The number of nitrogens with one attached hydrogen (secondary N) is 1. The molecule has 2 aromatic heterocycles. The van der Waals surface area contributed by atoms with Crippen LogP contribution in [-0.2, 0) is 22.6 Å². The van der Waals surface area contributed by atoms with Crippen LogP contribution in [-0.4, -0.2) is 15.9 Å². The van der Waals surface area contributed by atoms with Gasteiger partial charge in [0.05, 0.1) is 10.9 Å². The van der Waals surface area contributed by atoms with Crippen molar-refractivity contribution < 1.29 is 13.9 Å². The molecule has 4 rings (SSSR count). The number of para-hydroxylation sites is 1. The maximum atomic E-state index is 12.2. The standard InChI is InChI=1S/C24H22N2O5/c1-14-10-11-17-16(12-22(28)31-23(17)15(14)2)13-30-21(27)9-5-8-20-25-19-7-4-3-6-18(19)24(29)26-20/h3-4,6-7,10-12H,5,8-9,13H2,1-2H3,(H,25,26,29). The first-order valence-electron chi connectivity index (χ1n) is 10.1. The minimum Gasteiger partial charge on any atom is -0.461 e. The molecule has 0 aliphatic heterocycles. The molecule has 0 bridgehead atoms. The quantitative estimate of drug-likeness (QED) is 0.378. The largest absolute Gasteiger partial charge is 0.461 e. The molecule has 7 nitrogen and oxygen atoms in total. The Kier molecular flexibility index (Phi) is 5.66. The summed E-state index contributed by atoms with van der Waals surface area (Å²) < 4.78 is 10.7. The van der Waals surface area contributed by atoms with Crippen molar-refractivity contribution in [1.29, 1.82) is 0 Å². The highest BCUT2D eigenvalue weighted by Gasteiger charge is 2.12. The molecule has 0 aliphatic carbocycles. The molecule has 0 fully saturated rings. The maximum Gasteiger partial charge on any atom is 0.336 e. The van der Waals surface area contributed by atoms with E-state index in [0.717, 1.165) is 16.5 Å². The Balaban J connectivity index is 1.39. The van der Waals surface area contributed by atoms with Gasteiger partial charge >= 0.3 is 11.6 Å². The van der Waals surface area contributed by atoms with Crippen LogP contribution in [0.25, 0.3) is 21.9 Å². The Bertz CT molecular complexity index is 1400. The van der Waals surface area contributed by atoms with E-state index in [1.165, 1.54) is 6.07 Å². The van der Waals surface area contributed by atoms with Gasteiger partial charge in [0.1, 0.15) is 18.0 Å². The Hall–Kier alpha value is -3.74. The van der Waals surface area contributed by atoms with E-state index in [-0.39, 0.29) is 24.6 Å². The number of carbonyl (C=O) groups is 1. The number of nitrogens with zero attached hydrogens (tertiary/aromatic N) is 1. The molecule has 0 radical (unpaired) electrons. The van der Waals surface area contributed by atoms with Crippen LogP contribution in [0.5, 0.6) is 0 Å². The van der Waals surface area contributed by atoms with Crippen LogP contribution in [0.2, 0.25) is 0 Å². The Morgan fingerprint density at radius 2 is 1.90 bits per heavy atom. The van der Waals surface area contributed by atoms with Crippen LogP contribution in [0, 0.1) is 13.8 Å². The van der Waals surface area contributed by atoms with Crippen molar-refractivity contribution in [3.05, 3.63) is 85.8 Å². The number of hydrogen-bond acceptors (Lipinski definition) is 6. The minimum absolute atomic E-state index is 0.00546. The van der Waals surface area contributed by atoms with Gasteiger partial charge in [-0.3, -0.25) is 9.59 Å². The molecule has 2 heterocycles. The number of carbonyl (C=O) groups excluding carboxylic acids is 1. The number of rotatable bonds is 6. The predicted molar refractivity (Wildman–Crippen MR) is 117 cm³/mol. The molecular formula is C24H22N2O5. The van der Waals surface area contributed by atoms with E-state index in [1.807, 2.05) is 32.0 Å². The number of esters is 1. The summed E-state index contributed by atoms with van der Waals surface area (Å²) in [6.45, 7) is 3.83. The van der Waals surface area contributed by atoms with Gasteiger partial charge in [-0.15, -0.1) is 0 Å². The molecule has 4 aromatic rings. The van der Waals surface area contributed by atoms with Crippen molar-refractivity contribution in [2.45, 2.75) is 39.7 Å². The van der Waals surface area contributed by atoms with Crippen LogP contribution in [0.15, 0.2) is 56.5 Å². The zero-order chi connectivity index (χ0) is 22.0. The number of ether oxygens (including phenoxy) is 1. The summed E-state index contributed by atoms with van der Waals surface area (Å²) in [5.74, 6) is 0.155. The Labute approximate surface area is 177 Å². The molecule has 0 saturated heterocycles. The summed E-state index contributed by atoms with van der Waals surface area (Å²) in [5, 5.41) is 1.30. The molecule has 158 valence electrons. The molecule has 0 unspecified atom stereocenters. The van der Waals surface area contributed by atoms with E-state index in [4.69, 9.17) is 9.15 Å². The van der Waals surface area contributed by atoms with Crippen molar-refractivity contribution in [2.75, 3.05) is 0 Å². The molecule has 2 aromatic carbocycles. The fraction of sp³-hybridized carbons (Fsp3) is 0.250. The summed E-state index contributed by atoms with van der Waals surface area (Å²) in [7, 11) is 0. The molecule has 31 heavy (non-hydrogen) atoms. The van der Waals surface area contributed by atoms with Gasteiger partial charge in [0, 0.05) is 29.9 Å². The first-order chi connectivity index (χ1) is 14.9. The second-order valence-electron chi connectivity index (χ2n) is 7.52. The van der Waals surface area contributed by atoms with Crippen molar-refractivity contribution in [1.82, 2.24) is 9.97 Å². The minimum atomic E-state index is -0.474. The highest BCUT2D eigenvalue weighted by atomic mass is 16.5. The van der Waals surface area contributed by atoms with Gasteiger partial charge in [0.25, 0.3) is 5.56 Å². The molecule has 0 atom stereocenters. The molecule has 0 aliphatic rings. The topological polar surface area (TPSA) is 102 Å². The van der Waals surface area contributed by atoms with Crippen LogP contribution in [0.4, 0.5) is 0 Å².